The van der Waals surface area contributed by atoms with Crippen LogP contribution in [0.25, 0.3) is 0 Å². The van der Waals surface area contributed by atoms with Crippen LogP contribution in [0, 0.1) is 13.8 Å². The van der Waals surface area contributed by atoms with E-state index >= 15 is 0 Å². The molecule has 1 aliphatic rings. The van der Waals surface area contributed by atoms with Gasteiger partial charge in [-0.15, -0.1) is 10.2 Å². The third-order valence-corrected chi connectivity index (χ3v) is 9.65. The van der Waals surface area contributed by atoms with Gasteiger partial charge in [0.25, 0.3) is 0 Å². The Balaban J connectivity index is 1.44. The first-order valence-corrected chi connectivity index (χ1v) is 14.7. The fraction of sp³-hybridized carbons (Fsp3) is 0.273. The van der Waals surface area contributed by atoms with Crippen molar-refractivity contribution >= 4 is 48.4 Å². The smallest absolute Gasteiger partial charge is 0.239 e. The number of carbonyl (C=O) groups excluding carboxylic acids is 1. The summed E-state index contributed by atoms with van der Waals surface area (Å²) in [7, 11) is -7.64. The normalized spacial score (nSPS) is 15.9. The van der Waals surface area contributed by atoms with Gasteiger partial charge < -0.3 is 5.43 Å². The quantitative estimate of drug-likeness (QED) is 0.398. The van der Waals surface area contributed by atoms with Gasteiger partial charge in [-0.1, -0.05) is 58.9 Å². The maximum Gasteiger partial charge on any atom is 0.239 e. The van der Waals surface area contributed by atoms with Crippen LogP contribution in [0.1, 0.15) is 31.5 Å². The molecule has 10 nitrogen and oxygen atoms in total. The topological polar surface area (TPSA) is 148 Å². The van der Waals surface area contributed by atoms with E-state index < -0.39 is 42.4 Å². The van der Waals surface area contributed by atoms with Crippen molar-refractivity contribution < 1.29 is 21.6 Å². The second-order valence-corrected chi connectivity index (χ2v) is 13.2. The lowest BCUT2D eigenvalue weighted by atomic mass is 10.0. The summed E-state index contributed by atoms with van der Waals surface area (Å²) in [5.74, 6) is -1.39. The van der Waals surface area contributed by atoms with Gasteiger partial charge in [-0.2, -0.15) is 5.10 Å². The molecule has 2 heterocycles. The first-order valence-electron chi connectivity index (χ1n) is 10.5. The molecule has 0 saturated heterocycles. The molecule has 1 aromatic heterocycles. The molecule has 1 aliphatic heterocycles. The maximum absolute atomic E-state index is 13.1. The number of nitrogens with zero attached hydrogens (tertiary/aromatic N) is 3. The molecule has 4 rings (SSSR count). The van der Waals surface area contributed by atoms with Gasteiger partial charge in [-0.05, 0) is 26.0 Å². The van der Waals surface area contributed by atoms with Crippen molar-refractivity contribution in [1.82, 2.24) is 15.6 Å². The average Bonchev–Trinajstić information content (AvgIpc) is 3.45. The van der Waals surface area contributed by atoms with Gasteiger partial charge in [0.05, 0.1) is 6.54 Å². The zero-order chi connectivity index (χ0) is 25.2. The lowest BCUT2D eigenvalue weighted by Gasteiger charge is -2.11. The summed E-state index contributed by atoms with van der Waals surface area (Å²) in [6, 6.07) is 13.7. The number of aromatic nitrogens is 2. The summed E-state index contributed by atoms with van der Waals surface area (Å²) in [5, 5.41) is 10.8. The number of ketones is 1. The molecule has 0 saturated carbocycles. The van der Waals surface area contributed by atoms with E-state index in [9.17, 15) is 21.6 Å². The monoisotopic (exact) mass is 533 g/mol. The van der Waals surface area contributed by atoms with Crippen molar-refractivity contribution in [2.24, 2.45) is 5.10 Å². The Morgan fingerprint density at radius 2 is 1.51 bits per heavy atom. The van der Waals surface area contributed by atoms with Crippen molar-refractivity contribution in [3.63, 3.8) is 0 Å². The second kappa shape index (κ2) is 9.84. The standard InChI is InChI=1S/C22H23N5O5S3/c1-14-3-7-16(8-4-14)22(28)21-18(11-23-26-21)34(29,30)12-19-24-25-20(33-19)13-35(31,32)27-17-9-5-15(2)6-10-17/h3-10,18,23,27H,11-13H2,1-2H3/t18-/m0/s1. The van der Waals surface area contributed by atoms with Crippen LogP contribution in [0.5, 0.6) is 0 Å². The number of Topliss-reactive ketones (excluding diaryl/α,β-unsaturated/α-hetero) is 1. The molecule has 3 aromatic rings. The number of benzene rings is 2. The van der Waals surface area contributed by atoms with Gasteiger partial charge in [-0.3, -0.25) is 9.52 Å². The van der Waals surface area contributed by atoms with Crippen molar-refractivity contribution in [2.45, 2.75) is 30.6 Å². The Labute approximate surface area is 207 Å². The number of hydrogen-bond donors (Lipinski definition) is 2. The minimum absolute atomic E-state index is 0.0320. The second-order valence-electron chi connectivity index (χ2n) is 8.17. The van der Waals surface area contributed by atoms with Gasteiger partial charge in [0.2, 0.25) is 15.8 Å². The van der Waals surface area contributed by atoms with Crippen LogP contribution in [0.2, 0.25) is 0 Å². The van der Waals surface area contributed by atoms with Crippen LogP contribution in [0.3, 0.4) is 0 Å². The van der Waals surface area contributed by atoms with E-state index in [1.807, 2.05) is 13.8 Å². The average molecular weight is 534 g/mol. The van der Waals surface area contributed by atoms with Crippen molar-refractivity contribution in [2.75, 3.05) is 11.3 Å². The van der Waals surface area contributed by atoms with Crippen LogP contribution in [-0.2, 0) is 31.4 Å². The van der Waals surface area contributed by atoms with Crippen molar-refractivity contribution in [1.29, 1.82) is 0 Å². The minimum Gasteiger partial charge on any atom is -0.308 e. The van der Waals surface area contributed by atoms with E-state index in [2.05, 4.69) is 25.4 Å². The fourth-order valence-electron chi connectivity index (χ4n) is 3.41. The maximum atomic E-state index is 13.1. The summed E-state index contributed by atoms with van der Waals surface area (Å²) in [6.45, 7) is 3.75. The van der Waals surface area contributed by atoms with Crippen molar-refractivity contribution in [3.05, 3.63) is 75.2 Å². The number of carbonyl (C=O) groups is 1. The van der Waals surface area contributed by atoms with Gasteiger partial charge in [0.15, 0.2) is 9.84 Å². The Hall–Kier alpha value is -3.16. The summed E-state index contributed by atoms with van der Waals surface area (Å²) >= 11 is 0.900. The Kier molecular flexibility index (Phi) is 7.01. The zero-order valence-electron chi connectivity index (χ0n) is 18.9. The summed E-state index contributed by atoms with van der Waals surface area (Å²) in [4.78, 5) is 12.9. The number of sulfone groups is 1. The van der Waals surface area contributed by atoms with Crippen LogP contribution in [-0.4, -0.2) is 50.3 Å². The number of sulfonamides is 1. The van der Waals surface area contributed by atoms with E-state index in [-0.39, 0.29) is 22.3 Å². The largest absolute Gasteiger partial charge is 0.308 e. The number of rotatable bonds is 9. The summed E-state index contributed by atoms with van der Waals surface area (Å²) in [5.41, 5.74) is 5.26. The Morgan fingerprint density at radius 1 is 0.943 bits per heavy atom. The van der Waals surface area contributed by atoms with E-state index in [1.54, 1.807) is 48.5 Å². The molecule has 35 heavy (non-hydrogen) atoms. The molecule has 13 heteroatoms. The first kappa shape index (κ1) is 24.9. The molecule has 0 aliphatic carbocycles. The Bertz CT molecular complexity index is 1480. The van der Waals surface area contributed by atoms with Crippen LogP contribution < -0.4 is 10.1 Å². The summed E-state index contributed by atoms with van der Waals surface area (Å²) in [6.07, 6.45) is 0. The third kappa shape index (κ3) is 6.10. The highest BCUT2D eigenvalue weighted by molar-refractivity contribution is 7.92. The summed E-state index contributed by atoms with van der Waals surface area (Å²) < 4.78 is 53.6. The van der Waals surface area contributed by atoms with Gasteiger partial charge in [-0.25, -0.2) is 16.8 Å². The van der Waals surface area contributed by atoms with E-state index in [1.165, 1.54) is 0 Å². The molecule has 0 amide bonds. The molecule has 0 unspecified atom stereocenters. The van der Waals surface area contributed by atoms with Gasteiger partial charge >= 0.3 is 0 Å². The number of nitrogens with one attached hydrogen (secondary N) is 2. The van der Waals surface area contributed by atoms with E-state index in [0.29, 0.717) is 11.3 Å². The Morgan fingerprint density at radius 3 is 2.14 bits per heavy atom. The highest BCUT2D eigenvalue weighted by atomic mass is 32.2. The molecule has 2 aromatic carbocycles. The molecule has 0 fully saturated rings. The zero-order valence-corrected chi connectivity index (χ0v) is 21.4. The molecular formula is C22H23N5O5S3. The van der Waals surface area contributed by atoms with Crippen molar-refractivity contribution in [3.8, 4) is 0 Å². The van der Waals surface area contributed by atoms with Crippen LogP contribution in [0.4, 0.5) is 5.69 Å². The van der Waals surface area contributed by atoms with Crippen LogP contribution >= 0.6 is 11.3 Å². The SMILES string of the molecule is Cc1ccc(NS(=O)(=O)Cc2nnc(CS(=O)(=O)[C@H]3CNN=C3C(=O)c3ccc(C)cc3)s2)cc1. The third-order valence-electron chi connectivity index (χ3n) is 5.23. The predicted molar refractivity (Wildman–Crippen MR) is 135 cm³/mol. The van der Waals surface area contributed by atoms with E-state index in [0.717, 1.165) is 22.5 Å². The van der Waals surface area contributed by atoms with Gasteiger partial charge in [0, 0.05) is 11.3 Å². The molecule has 0 spiro atoms. The molecule has 0 bridgehead atoms. The first-order chi connectivity index (χ1) is 16.5. The lowest BCUT2D eigenvalue weighted by molar-refractivity contribution is 0.106. The number of anilines is 1. The van der Waals surface area contributed by atoms with Crippen LogP contribution in [0.15, 0.2) is 53.6 Å². The fourth-order valence-corrected chi connectivity index (χ4v) is 7.65. The predicted octanol–water partition coefficient (Wildman–Crippen LogP) is 2.22. The minimum atomic E-state index is -3.88. The number of hydrazone groups is 1. The number of aryl methyl sites for hydroxylation is 2. The molecule has 0 radical (unpaired) electrons. The highest BCUT2D eigenvalue weighted by Crippen LogP contribution is 2.22. The molecule has 1 atom stereocenters. The lowest BCUT2D eigenvalue weighted by Crippen LogP contribution is -2.36. The van der Waals surface area contributed by atoms with E-state index in [4.69, 9.17) is 0 Å². The van der Waals surface area contributed by atoms with Gasteiger partial charge in [0.1, 0.15) is 32.5 Å². The molecule has 184 valence electrons. The molecular weight excluding hydrogens is 510 g/mol. The highest BCUT2D eigenvalue weighted by Gasteiger charge is 2.38. The number of hydrogen-bond acceptors (Lipinski definition) is 10. The molecule has 2 N–H and O–H groups in total.